The molecule has 0 aromatic carbocycles. The lowest BCUT2D eigenvalue weighted by atomic mass is 10.3. The average molecular weight is 382 g/mol. The van der Waals surface area contributed by atoms with Crippen molar-refractivity contribution in [2.45, 2.75) is 25.7 Å². The lowest BCUT2D eigenvalue weighted by molar-refractivity contribution is -0.420. The summed E-state index contributed by atoms with van der Waals surface area (Å²) in [4.78, 5) is 12.2. The van der Waals surface area contributed by atoms with Crippen molar-refractivity contribution in [3.05, 3.63) is 31.7 Å². The molecule has 0 amide bonds. The molecule has 102 valence electrons. The van der Waals surface area contributed by atoms with E-state index in [0.29, 0.717) is 13.3 Å². The van der Waals surface area contributed by atoms with Crippen LogP contribution in [-0.2, 0) is 4.74 Å². The van der Waals surface area contributed by atoms with Gasteiger partial charge in [0.25, 0.3) is 5.70 Å². The molecule has 0 saturated carbocycles. The molecule has 7 heteroatoms. The van der Waals surface area contributed by atoms with Gasteiger partial charge in [-0.15, -0.1) is 0 Å². The van der Waals surface area contributed by atoms with Crippen LogP contribution in [0.15, 0.2) is 21.6 Å². The molecular weight excluding hydrogens is 363 g/mol. The Bertz CT molecular complexity index is 377. The van der Waals surface area contributed by atoms with Gasteiger partial charge in [0.1, 0.15) is 6.73 Å². The topological polar surface area (TPSA) is 55.6 Å². The Hall–Kier alpha value is -0.413. The van der Waals surface area contributed by atoms with Crippen molar-refractivity contribution in [2.75, 3.05) is 19.9 Å². The molecule has 0 aromatic heterocycles. The fourth-order valence-electron chi connectivity index (χ4n) is 1.41. The Kier molecular flexibility index (Phi) is 5.79. The molecule has 0 N–H and O–H groups in total. The van der Waals surface area contributed by atoms with E-state index in [1.54, 1.807) is 12.3 Å². The molecule has 1 rings (SSSR count). The minimum atomic E-state index is -1.07. The van der Waals surface area contributed by atoms with E-state index in [-0.39, 0.29) is 10.6 Å². The Balaban J connectivity index is 2.40. The number of rotatable bonds is 6. The number of halogens is 1. The summed E-state index contributed by atoms with van der Waals surface area (Å²) < 4.78 is 6.54. The predicted molar refractivity (Wildman–Crippen MR) is 82.9 cm³/mol. The highest BCUT2D eigenvalue weighted by Crippen LogP contribution is 2.19. The Labute approximate surface area is 122 Å². The molecule has 5 nitrogen and oxygen atoms in total. The van der Waals surface area contributed by atoms with Crippen molar-refractivity contribution in [2.24, 2.45) is 0 Å². The first-order valence-corrected chi connectivity index (χ1v) is 10.6. The summed E-state index contributed by atoms with van der Waals surface area (Å²) in [5.74, 6) is 0. The van der Waals surface area contributed by atoms with Gasteiger partial charge >= 0.3 is 0 Å². The lowest BCUT2D eigenvalue weighted by Crippen LogP contribution is -2.28. The van der Waals surface area contributed by atoms with Crippen LogP contribution in [0.25, 0.3) is 0 Å². The largest absolute Gasteiger partial charge is 0.361 e. The van der Waals surface area contributed by atoms with E-state index in [4.69, 9.17) is 4.74 Å². The zero-order valence-corrected chi connectivity index (χ0v) is 14.1. The van der Waals surface area contributed by atoms with E-state index in [1.807, 2.05) is 4.90 Å². The number of allylic oxidation sites excluding steroid dienone is 1. The van der Waals surface area contributed by atoms with Gasteiger partial charge in [-0.1, -0.05) is 19.6 Å². The second-order valence-electron chi connectivity index (χ2n) is 5.50. The molecule has 0 bridgehead atoms. The number of hydrogen-bond acceptors (Lipinski definition) is 4. The van der Waals surface area contributed by atoms with E-state index < -0.39 is 8.07 Å². The summed E-state index contributed by atoms with van der Waals surface area (Å²) in [6.45, 7) is 8.73. The monoisotopic (exact) mass is 382 g/mol. The van der Waals surface area contributed by atoms with Crippen LogP contribution in [0.3, 0.4) is 0 Å². The van der Waals surface area contributed by atoms with Gasteiger partial charge in [0, 0.05) is 24.3 Å². The smallest absolute Gasteiger partial charge is 0.285 e. The van der Waals surface area contributed by atoms with Crippen molar-refractivity contribution in [1.82, 2.24) is 4.90 Å². The van der Waals surface area contributed by atoms with Crippen LogP contribution in [0.4, 0.5) is 0 Å². The van der Waals surface area contributed by atoms with Crippen LogP contribution in [0, 0.1) is 10.1 Å². The number of nitrogens with zero attached hydrogens (tertiary/aromatic N) is 2. The summed E-state index contributed by atoms with van der Waals surface area (Å²) in [6.07, 6.45) is 3.15. The fraction of sp³-hybridized carbons (Fsp3) is 0.636. The maximum Gasteiger partial charge on any atom is 0.285 e. The summed E-state index contributed by atoms with van der Waals surface area (Å²) in [7, 11) is -1.07. The Morgan fingerprint density at radius 1 is 1.56 bits per heavy atom. The van der Waals surface area contributed by atoms with Gasteiger partial charge in [0.2, 0.25) is 0 Å². The molecule has 0 atom stereocenters. The maximum atomic E-state index is 10.7. The maximum absolute atomic E-state index is 10.7. The minimum absolute atomic E-state index is 0.124. The van der Waals surface area contributed by atoms with Gasteiger partial charge in [-0.2, -0.15) is 0 Å². The minimum Gasteiger partial charge on any atom is -0.361 e. The van der Waals surface area contributed by atoms with Gasteiger partial charge in [-0.05, 0) is 28.6 Å². The molecule has 0 fully saturated rings. The number of nitro groups is 1. The number of hydrogen-bond donors (Lipinski definition) is 0. The van der Waals surface area contributed by atoms with E-state index in [1.165, 1.54) is 0 Å². The van der Waals surface area contributed by atoms with Crippen molar-refractivity contribution in [1.29, 1.82) is 0 Å². The molecule has 1 heterocycles. The Morgan fingerprint density at radius 2 is 2.22 bits per heavy atom. The van der Waals surface area contributed by atoms with Crippen LogP contribution in [0.2, 0.25) is 25.7 Å². The van der Waals surface area contributed by atoms with E-state index in [0.717, 1.165) is 16.2 Å². The summed E-state index contributed by atoms with van der Waals surface area (Å²) in [5, 5.41) is 10.7. The second kappa shape index (κ2) is 6.67. The molecular formula is C11H19IN2O3Si. The van der Waals surface area contributed by atoms with Crippen molar-refractivity contribution >= 4 is 30.7 Å². The van der Waals surface area contributed by atoms with Crippen LogP contribution >= 0.6 is 22.6 Å². The standard InChI is InChI=1S/C11H19IN2O3Si/c1-18(2,3)5-4-17-9-13-7-10(12)6-11(8-13)14(15)16/h6,8H,4-5,7,9H2,1-3H3. The zero-order chi connectivity index (χ0) is 13.8. The van der Waals surface area contributed by atoms with E-state index >= 15 is 0 Å². The molecule has 0 radical (unpaired) electrons. The molecule has 1 aliphatic heterocycles. The molecule has 0 aliphatic carbocycles. The van der Waals surface area contributed by atoms with E-state index in [9.17, 15) is 10.1 Å². The van der Waals surface area contributed by atoms with Crippen LogP contribution in [0.5, 0.6) is 0 Å². The average Bonchev–Trinajstić information content (AvgIpc) is 2.22. The normalized spacial score (nSPS) is 16.3. The molecule has 0 unspecified atom stereocenters. The molecule has 0 spiro atoms. The quantitative estimate of drug-likeness (QED) is 0.233. The van der Waals surface area contributed by atoms with Crippen LogP contribution in [0.1, 0.15) is 0 Å². The van der Waals surface area contributed by atoms with Crippen molar-refractivity contribution in [3.8, 4) is 0 Å². The second-order valence-corrected chi connectivity index (χ2v) is 12.5. The number of ether oxygens (including phenoxy) is 1. The van der Waals surface area contributed by atoms with Crippen molar-refractivity contribution < 1.29 is 9.66 Å². The van der Waals surface area contributed by atoms with Crippen LogP contribution in [-0.4, -0.2) is 37.8 Å². The third-order valence-electron chi connectivity index (χ3n) is 2.44. The summed E-state index contributed by atoms with van der Waals surface area (Å²) >= 11 is 2.12. The van der Waals surface area contributed by atoms with Crippen LogP contribution < -0.4 is 0 Å². The third-order valence-corrected chi connectivity index (χ3v) is 4.79. The van der Waals surface area contributed by atoms with Crippen molar-refractivity contribution in [3.63, 3.8) is 0 Å². The first-order valence-electron chi connectivity index (χ1n) is 5.82. The van der Waals surface area contributed by atoms with Gasteiger partial charge < -0.3 is 9.64 Å². The molecule has 18 heavy (non-hydrogen) atoms. The van der Waals surface area contributed by atoms with Gasteiger partial charge in [-0.3, -0.25) is 10.1 Å². The highest BCUT2D eigenvalue weighted by Gasteiger charge is 2.18. The van der Waals surface area contributed by atoms with Gasteiger partial charge in [0.15, 0.2) is 0 Å². The van der Waals surface area contributed by atoms with Gasteiger partial charge in [-0.25, -0.2) is 0 Å². The van der Waals surface area contributed by atoms with Gasteiger partial charge in [0.05, 0.1) is 17.7 Å². The first-order chi connectivity index (χ1) is 8.28. The fourth-order valence-corrected chi connectivity index (χ4v) is 2.93. The zero-order valence-electron chi connectivity index (χ0n) is 11.0. The Morgan fingerprint density at radius 3 is 2.78 bits per heavy atom. The molecule has 0 aromatic rings. The molecule has 0 saturated heterocycles. The predicted octanol–water partition coefficient (Wildman–Crippen LogP) is 3.05. The highest BCUT2D eigenvalue weighted by atomic mass is 127. The summed E-state index contributed by atoms with van der Waals surface area (Å²) in [5.41, 5.74) is 0.124. The summed E-state index contributed by atoms with van der Waals surface area (Å²) in [6, 6.07) is 1.11. The molecule has 1 aliphatic rings. The lowest BCUT2D eigenvalue weighted by Gasteiger charge is -2.23. The highest BCUT2D eigenvalue weighted by molar-refractivity contribution is 14.1. The first kappa shape index (κ1) is 15.6. The third kappa shape index (κ3) is 5.96. The SMILES string of the molecule is C[Si](C)(C)CCOCN1C=C([N+](=O)[O-])C=C(I)C1. The van der Waals surface area contributed by atoms with E-state index in [2.05, 4.69) is 42.2 Å².